The molecule has 2 N–H and O–H groups in total. The van der Waals surface area contributed by atoms with Gasteiger partial charge in [-0.15, -0.1) is 0 Å². The maximum Gasteiger partial charge on any atom is 0.153 e. The number of nitrogens with one attached hydrogen (secondary N) is 2. The van der Waals surface area contributed by atoms with Crippen LogP contribution in [0.4, 0.5) is 11.6 Å². The van der Waals surface area contributed by atoms with Crippen LogP contribution in [0.25, 0.3) is 0 Å². The Morgan fingerprint density at radius 3 is 2.39 bits per heavy atom. The second kappa shape index (κ2) is 8.60. The summed E-state index contributed by atoms with van der Waals surface area (Å²) in [5.41, 5.74) is 0.985. The first kappa shape index (κ1) is 17.4. The van der Waals surface area contributed by atoms with Gasteiger partial charge in [-0.05, 0) is 31.2 Å². The van der Waals surface area contributed by atoms with Crippen LogP contribution in [0.1, 0.15) is 19.5 Å². The fourth-order valence-corrected chi connectivity index (χ4v) is 3.01. The van der Waals surface area contributed by atoms with Gasteiger partial charge in [-0.3, -0.25) is 5.10 Å². The van der Waals surface area contributed by atoms with Crippen LogP contribution in [0.2, 0.25) is 5.15 Å². The third-order valence-corrected chi connectivity index (χ3v) is 3.88. The predicted molar refractivity (Wildman–Crippen MR) is 97.8 cm³/mol. The molecule has 0 unspecified atom stereocenters. The van der Waals surface area contributed by atoms with E-state index in [-0.39, 0.29) is 0 Å². The number of hydrogen-bond acceptors (Lipinski definition) is 4. The molecule has 120 valence electrons. The smallest absolute Gasteiger partial charge is 0.153 e. The third-order valence-electron chi connectivity index (χ3n) is 2.71. The molecule has 6 heteroatoms. The van der Waals surface area contributed by atoms with E-state index < -0.39 is 0 Å². The number of aromatic nitrogens is 3. The lowest BCUT2D eigenvalue weighted by Gasteiger charge is -2.06. The van der Waals surface area contributed by atoms with Crippen LogP contribution in [0.15, 0.2) is 58.3 Å². The van der Waals surface area contributed by atoms with Crippen molar-refractivity contribution in [3.05, 3.63) is 59.4 Å². The molecule has 3 rings (SSSR count). The zero-order valence-corrected chi connectivity index (χ0v) is 14.9. The van der Waals surface area contributed by atoms with E-state index in [0.29, 0.717) is 11.0 Å². The number of benzene rings is 1. The molecule has 0 saturated carbocycles. The van der Waals surface area contributed by atoms with Gasteiger partial charge >= 0.3 is 0 Å². The van der Waals surface area contributed by atoms with Gasteiger partial charge in [0.15, 0.2) is 5.82 Å². The van der Waals surface area contributed by atoms with Gasteiger partial charge in [0, 0.05) is 21.6 Å². The lowest BCUT2D eigenvalue weighted by molar-refractivity contribution is 1.05. The summed E-state index contributed by atoms with van der Waals surface area (Å²) in [5, 5.41) is 10.6. The third kappa shape index (κ3) is 5.30. The van der Waals surface area contributed by atoms with Gasteiger partial charge in [-0.1, -0.05) is 55.4 Å². The first-order valence-electron chi connectivity index (χ1n) is 7.38. The highest BCUT2D eigenvalue weighted by atomic mass is 35.5. The fourth-order valence-electron chi connectivity index (χ4n) is 1.83. The summed E-state index contributed by atoms with van der Waals surface area (Å²) in [6, 6.07) is 15.8. The maximum absolute atomic E-state index is 6.09. The number of aryl methyl sites for hydroxylation is 1. The minimum atomic E-state index is 0.450. The average molecular weight is 347 g/mol. The molecule has 0 spiro atoms. The van der Waals surface area contributed by atoms with Crippen LogP contribution in [0.3, 0.4) is 0 Å². The van der Waals surface area contributed by atoms with Crippen molar-refractivity contribution in [2.24, 2.45) is 0 Å². The first-order chi connectivity index (χ1) is 11.2. The Bertz CT molecular complexity index is 743. The predicted octanol–water partition coefficient (Wildman–Crippen LogP) is 5.69. The van der Waals surface area contributed by atoms with Crippen LogP contribution >= 0.6 is 23.4 Å². The zero-order valence-electron chi connectivity index (χ0n) is 13.3. The molecule has 2 heterocycles. The summed E-state index contributed by atoms with van der Waals surface area (Å²) < 4.78 is 0. The van der Waals surface area contributed by atoms with Crippen molar-refractivity contribution >= 4 is 35.0 Å². The Hall–Kier alpha value is -1.98. The summed E-state index contributed by atoms with van der Waals surface area (Å²) in [7, 11) is 0. The van der Waals surface area contributed by atoms with Gasteiger partial charge in [-0.2, -0.15) is 5.10 Å². The van der Waals surface area contributed by atoms with Crippen molar-refractivity contribution in [1.29, 1.82) is 0 Å². The van der Waals surface area contributed by atoms with Crippen molar-refractivity contribution < 1.29 is 0 Å². The lowest BCUT2D eigenvalue weighted by atomic mass is 10.4. The zero-order chi connectivity index (χ0) is 16.7. The van der Waals surface area contributed by atoms with E-state index in [1.807, 2.05) is 57.2 Å². The molecule has 0 atom stereocenters. The summed E-state index contributed by atoms with van der Waals surface area (Å²) in [6.45, 7) is 5.94. The molecule has 1 aromatic carbocycles. The van der Waals surface area contributed by atoms with Crippen LogP contribution in [-0.2, 0) is 0 Å². The number of H-pyrrole nitrogens is 1. The molecule has 0 fully saturated rings. The Kier molecular flexibility index (Phi) is 6.50. The molecule has 0 aliphatic rings. The second-order valence-electron chi connectivity index (χ2n) is 4.49. The molecular weight excluding hydrogens is 328 g/mol. The highest BCUT2D eigenvalue weighted by molar-refractivity contribution is 7.99. The largest absolute Gasteiger partial charge is 0.323 e. The molecule has 23 heavy (non-hydrogen) atoms. The van der Waals surface area contributed by atoms with Crippen molar-refractivity contribution in [3.63, 3.8) is 0 Å². The molecule has 0 radical (unpaired) electrons. The van der Waals surface area contributed by atoms with Crippen LogP contribution < -0.4 is 5.32 Å². The van der Waals surface area contributed by atoms with Crippen molar-refractivity contribution in [2.75, 3.05) is 5.32 Å². The molecule has 0 saturated heterocycles. The van der Waals surface area contributed by atoms with E-state index in [1.54, 1.807) is 11.8 Å². The van der Waals surface area contributed by atoms with Gasteiger partial charge in [0.1, 0.15) is 11.0 Å². The molecule has 2 aromatic heterocycles. The highest BCUT2D eigenvalue weighted by Crippen LogP contribution is 2.31. The topological polar surface area (TPSA) is 53.6 Å². The van der Waals surface area contributed by atoms with Gasteiger partial charge in [0.2, 0.25) is 0 Å². The molecule has 0 aliphatic heterocycles. The van der Waals surface area contributed by atoms with E-state index in [0.717, 1.165) is 21.3 Å². The van der Waals surface area contributed by atoms with E-state index in [2.05, 4.69) is 32.6 Å². The minimum Gasteiger partial charge on any atom is -0.323 e. The second-order valence-corrected chi connectivity index (χ2v) is 6.02. The summed E-state index contributed by atoms with van der Waals surface area (Å²) in [5.74, 6) is 1.39. The Balaban J connectivity index is 0.000000924. The average Bonchev–Trinajstić information content (AvgIpc) is 2.95. The molecule has 0 aliphatic carbocycles. The van der Waals surface area contributed by atoms with E-state index in [4.69, 9.17) is 11.6 Å². The molecular formula is C17H19ClN4S. The van der Waals surface area contributed by atoms with Gasteiger partial charge in [0.25, 0.3) is 0 Å². The monoisotopic (exact) mass is 346 g/mol. The summed E-state index contributed by atoms with van der Waals surface area (Å²) >= 11 is 7.73. The van der Waals surface area contributed by atoms with Crippen molar-refractivity contribution in [2.45, 2.75) is 30.6 Å². The van der Waals surface area contributed by atoms with Crippen LogP contribution in [-0.4, -0.2) is 15.2 Å². The Morgan fingerprint density at radius 2 is 1.74 bits per heavy atom. The highest BCUT2D eigenvalue weighted by Gasteiger charge is 2.05. The molecule has 0 amide bonds. The minimum absolute atomic E-state index is 0.450. The number of halogens is 1. The van der Waals surface area contributed by atoms with Crippen molar-refractivity contribution in [1.82, 2.24) is 15.2 Å². The SMILES string of the molecule is CC.Cc1cc(Nc2cc(Sc3ccccc3)cc(Cl)n2)n[nH]1. The number of anilines is 2. The first-order valence-corrected chi connectivity index (χ1v) is 8.58. The fraction of sp³-hybridized carbons (Fsp3) is 0.176. The lowest BCUT2D eigenvalue weighted by Crippen LogP contribution is -1.94. The van der Waals surface area contributed by atoms with E-state index >= 15 is 0 Å². The number of rotatable bonds is 4. The van der Waals surface area contributed by atoms with Crippen LogP contribution in [0.5, 0.6) is 0 Å². The Morgan fingerprint density at radius 1 is 1.00 bits per heavy atom. The van der Waals surface area contributed by atoms with Gasteiger partial charge in [-0.25, -0.2) is 4.98 Å². The normalized spacial score (nSPS) is 9.91. The summed E-state index contributed by atoms with van der Waals surface area (Å²) in [6.07, 6.45) is 0. The quantitative estimate of drug-likeness (QED) is 0.596. The van der Waals surface area contributed by atoms with Gasteiger partial charge in [0.05, 0.1) is 0 Å². The number of nitrogens with zero attached hydrogens (tertiary/aromatic N) is 2. The maximum atomic E-state index is 6.09. The number of pyridine rings is 1. The summed E-state index contributed by atoms with van der Waals surface area (Å²) in [4.78, 5) is 6.45. The molecule has 0 bridgehead atoms. The van der Waals surface area contributed by atoms with Crippen molar-refractivity contribution in [3.8, 4) is 0 Å². The molecule has 4 nitrogen and oxygen atoms in total. The Labute approximate surface area is 145 Å². The van der Waals surface area contributed by atoms with Crippen LogP contribution in [0, 0.1) is 6.92 Å². The van der Waals surface area contributed by atoms with Gasteiger partial charge < -0.3 is 5.32 Å². The number of aromatic amines is 1. The number of hydrogen-bond donors (Lipinski definition) is 2. The van der Waals surface area contributed by atoms with E-state index in [9.17, 15) is 0 Å². The van der Waals surface area contributed by atoms with E-state index in [1.165, 1.54) is 0 Å². The standard InChI is InChI=1S/C15H13ClN4S.C2H6/c1-10-7-15(20-19-10)18-14-9-12(8-13(16)17-14)21-11-5-3-2-4-6-11;1-2/h2-9H,1H3,(H2,17,18,19,20);1-2H3. The molecule has 3 aromatic rings.